The van der Waals surface area contributed by atoms with E-state index in [1.54, 1.807) is 0 Å². The highest BCUT2D eigenvalue weighted by atomic mass is 16.9. The maximum atomic E-state index is 13.0. The van der Waals surface area contributed by atoms with Gasteiger partial charge in [0.1, 0.15) is 26.1 Å². The number of carbonyl (C=O) groups excluding carboxylic acids is 8. The first kappa shape index (κ1) is 39.4. The topological polar surface area (TPSA) is 210 Å². The molecule has 0 amide bonds. The SMILES string of the molecule is C=CC(=O)OC(CCOC(=O)c1ccccc1C(=O)OCCC(OC(=O)C=C)(OC(=O)C=C)OC(=O)C=C)(OC(=O)C=C)OC(=O)C=C. The van der Waals surface area contributed by atoms with Crippen molar-refractivity contribution in [3.05, 3.63) is 111 Å². The van der Waals surface area contributed by atoms with E-state index in [0.717, 1.165) is 0 Å². The highest BCUT2D eigenvalue weighted by Gasteiger charge is 2.44. The van der Waals surface area contributed by atoms with Crippen molar-refractivity contribution < 1.29 is 76.3 Å². The summed E-state index contributed by atoms with van der Waals surface area (Å²) in [6.45, 7) is 17.7. The third-order valence-electron chi connectivity index (χ3n) is 5.19. The van der Waals surface area contributed by atoms with E-state index >= 15 is 0 Å². The number of hydrogen-bond acceptors (Lipinski definition) is 16. The summed E-state index contributed by atoms with van der Waals surface area (Å²) in [7, 11) is 0. The molecule has 0 saturated carbocycles. The van der Waals surface area contributed by atoms with Gasteiger partial charge in [0.25, 0.3) is 0 Å². The minimum atomic E-state index is -2.74. The van der Waals surface area contributed by atoms with Gasteiger partial charge in [-0.05, 0) is 12.1 Å². The first-order valence-electron chi connectivity index (χ1n) is 13.3. The van der Waals surface area contributed by atoms with E-state index in [-0.39, 0.29) is 11.1 Å². The van der Waals surface area contributed by atoms with Gasteiger partial charge in [-0.25, -0.2) is 38.4 Å². The molecule has 0 aliphatic rings. The van der Waals surface area contributed by atoms with Crippen LogP contribution in [0.4, 0.5) is 0 Å². The lowest BCUT2D eigenvalue weighted by molar-refractivity contribution is -0.330. The summed E-state index contributed by atoms with van der Waals surface area (Å²) in [6, 6.07) is 5.08. The molecule has 1 rings (SSSR count). The van der Waals surface area contributed by atoms with Crippen LogP contribution in [0.2, 0.25) is 0 Å². The first-order chi connectivity index (χ1) is 22.7. The van der Waals surface area contributed by atoms with E-state index in [2.05, 4.69) is 39.5 Å². The van der Waals surface area contributed by atoms with E-state index in [1.165, 1.54) is 24.3 Å². The molecule has 0 unspecified atom stereocenters. The Balaban J connectivity index is 3.21. The smallest absolute Gasteiger partial charge is 0.427 e. The average molecular weight is 671 g/mol. The summed E-state index contributed by atoms with van der Waals surface area (Å²) in [5.41, 5.74) is -0.717. The molecule has 0 N–H and O–H groups in total. The summed E-state index contributed by atoms with van der Waals surface area (Å²) in [5.74, 6) is -14.9. The standard InChI is InChI=1S/C32H30O16/c1-7-23(33)43-31(44-24(34)8-2,45-25(35)9-3)17-19-41-29(39)21-15-13-14-16-22(21)30(40)42-20-18-32(46-26(36)10-4,47-27(37)11-5)48-28(38)12-6/h7-16H,1-6,17-20H2. The molecule has 0 aliphatic heterocycles. The van der Waals surface area contributed by atoms with Gasteiger partial charge in [-0.15, -0.1) is 0 Å². The highest BCUT2D eigenvalue weighted by Crippen LogP contribution is 2.25. The zero-order valence-corrected chi connectivity index (χ0v) is 25.4. The van der Waals surface area contributed by atoms with Gasteiger partial charge in [0.2, 0.25) is 0 Å². The fourth-order valence-corrected chi connectivity index (χ4v) is 3.13. The molecule has 0 aliphatic carbocycles. The fourth-order valence-electron chi connectivity index (χ4n) is 3.13. The molecule has 0 radical (unpaired) electrons. The molecule has 1 aromatic carbocycles. The van der Waals surface area contributed by atoms with Gasteiger partial charge in [0.15, 0.2) is 0 Å². The number of benzene rings is 1. The molecular formula is C32H30O16. The van der Waals surface area contributed by atoms with Crippen molar-refractivity contribution in [1.82, 2.24) is 0 Å². The third-order valence-corrected chi connectivity index (χ3v) is 5.19. The second kappa shape index (κ2) is 19.1. The molecule has 254 valence electrons. The maximum absolute atomic E-state index is 13.0. The summed E-state index contributed by atoms with van der Waals surface area (Å²) in [4.78, 5) is 97.6. The average Bonchev–Trinajstić information content (AvgIpc) is 3.07. The number of hydrogen-bond donors (Lipinski definition) is 0. The van der Waals surface area contributed by atoms with Crippen LogP contribution < -0.4 is 0 Å². The third kappa shape index (κ3) is 12.4. The van der Waals surface area contributed by atoms with Gasteiger partial charge >= 0.3 is 59.7 Å². The Bertz CT molecular complexity index is 1280. The predicted octanol–water partition coefficient (Wildman–Crippen LogP) is 2.46. The largest absolute Gasteiger partial charge is 0.462 e. The van der Waals surface area contributed by atoms with Crippen molar-refractivity contribution in [2.75, 3.05) is 13.2 Å². The number of rotatable bonds is 20. The Morgan fingerprint density at radius 1 is 0.458 bits per heavy atom. The number of esters is 8. The molecule has 1 aromatic rings. The zero-order chi connectivity index (χ0) is 36.3. The van der Waals surface area contributed by atoms with E-state index in [4.69, 9.17) is 37.9 Å². The Hall–Kier alpha value is -6.58. The maximum Gasteiger partial charge on any atom is 0.427 e. The second-order valence-electron chi connectivity index (χ2n) is 8.43. The molecule has 0 atom stereocenters. The number of ether oxygens (including phenoxy) is 8. The molecule has 48 heavy (non-hydrogen) atoms. The number of carbonyl (C=O) groups is 8. The Labute approximate surface area is 273 Å². The van der Waals surface area contributed by atoms with Crippen LogP contribution in [0.3, 0.4) is 0 Å². The summed E-state index contributed by atoms with van der Waals surface area (Å²) >= 11 is 0. The lowest BCUT2D eigenvalue weighted by atomic mass is 10.1. The highest BCUT2D eigenvalue weighted by molar-refractivity contribution is 6.03. The minimum Gasteiger partial charge on any atom is -0.462 e. The van der Waals surface area contributed by atoms with Gasteiger partial charge in [0, 0.05) is 36.5 Å². The molecule has 0 fully saturated rings. The molecule has 16 heteroatoms. The van der Waals surface area contributed by atoms with E-state index in [0.29, 0.717) is 36.5 Å². The van der Waals surface area contributed by atoms with Gasteiger partial charge in [-0.1, -0.05) is 51.6 Å². The Morgan fingerprint density at radius 2 is 0.688 bits per heavy atom. The van der Waals surface area contributed by atoms with Gasteiger partial charge < -0.3 is 37.9 Å². The van der Waals surface area contributed by atoms with Crippen LogP contribution in [0.25, 0.3) is 0 Å². The molecule has 0 heterocycles. The van der Waals surface area contributed by atoms with Crippen molar-refractivity contribution in [3.63, 3.8) is 0 Å². The van der Waals surface area contributed by atoms with E-state index in [9.17, 15) is 38.4 Å². The van der Waals surface area contributed by atoms with Gasteiger partial charge in [-0.3, -0.25) is 0 Å². The summed E-state index contributed by atoms with van der Waals surface area (Å²) in [5, 5.41) is 0. The van der Waals surface area contributed by atoms with Crippen LogP contribution in [0.5, 0.6) is 0 Å². The normalized spacial score (nSPS) is 10.3. The van der Waals surface area contributed by atoms with Gasteiger partial charge in [0.05, 0.1) is 11.1 Å². The molecular weight excluding hydrogens is 640 g/mol. The minimum absolute atomic E-state index is 0.358. The van der Waals surface area contributed by atoms with Gasteiger partial charge in [-0.2, -0.15) is 0 Å². The van der Waals surface area contributed by atoms with Crippen LogP contribution in [0.1, 0.15) is 33.6 Å². The quantitative estimate of drug-likeness (QED) is 0.0844. The molecule has 0 aromatic heterocycles. The molecule has 0 bridgehead atoms. The first-order valence-corrected chi connectivity index (χ1v) is 13.3. The van der Waals surface area contributed by atoms with Crippen LogP contribution >= 0.6 is 0 Å². The van der Waals surface area contributed by atoms with Crippen molar-refractivity contribution >= 4 is 47.8 Å². The van der Waals surface area contributed by atoms with E-state index < -0.39 is 85.8 Å². The summed E-state index contributed by atoms with van der Waals surface area (Å²) < 4.78 is 39.9. The zero-order valence-electron chi connectivity index (χ0n) is 25.4. The van der Waals surface area contributed by atoms with Crippen molar-refractivity contribution in [1.29, 1.82) is 0 Å². The van der Waals surface area contributed by atoms with Crippen LogP contribution in [-0.4, -0.2) is 72.9 Å². The van der Waals surface area contributed by atoms with Crippen LogP contribution in [-0.2, 0) is 66.7 Å². The Kier molecular flexibility index (Phi) is 15.7. The lowest BCUT2D eigenvalue weighted by Gasteiger charge is -2.30. The van der Waals surface area contributed by atoms with E-state index in [1.807, 2.05) is 0 Å². The monoisotopic (exact) mass is 670 g/mol. The molecule has 16 nitrogen and oxygen atoms in total. The van der Waals surface area contributed by atoms with Crippen molar-refractivity contribution in [2.45, 2.75) is 24.8 Å². The molecule has 0 saturated heterocycles. The van der Waals surface area contributed by atoms with Crippen molar-refractivity contribution in [2.24, 2.45) is 0 Å². The Morgan fingerprint density at radius 3 is 0.896 bits per heavy atom. The predicted molar refractivity (Wildman–Crippen MR) is 159 cm³/mol. The second-order valence-corrected chi connectivity index (χ2v) is 8.43. The van der Waals surface area contributed by atoms with Crippen molar-refractivity contribution in [3.8, 4) is 0 Å². The molecule has 0 spiro atoms. The van der Waals surface area contributed by atoms with Crippen LogP contribution in [0.15, 0.2) is 100 Å². The fraction of sp³-hybridized carbons (Fsp3) is 0.188. The van der Waals surface area contributed by atoms with Crippen LogP contribution in [0, 0.1) is 0 Å². The summed E-state index contributed by atoms with van der Waals surface area (Å²) in [6.07, 6.45) is 2.52. The lowest BCUT2D eigenvalue weighted by Crippen LogP contribution is -2.45.